The summed E-state index contributed by atoms with van der Waals surface area (Å²) < 4.78 is 36.1. The van der Waals surface area contributed by atoms with E-state index in [0.717, 1.165) is 25.1 Å². The van der Waals surface area contributed by atoms with E-state index in [-0.39, 0.29) is 22.7 Å². The number of aromatic amines is 1. The Morgan fingerprint density at radius 2 is 2.06 bits per heavy atom. The number of rotatable bonds is 7. The van der Waals surface area contributed by atoms with Gasteiger partial charge in [-0.25, -0.2) is 9.78 Å². The second-order valence-electron chi connectivity index (χ2n) is 7.05. The van der Waals surface area contributed by atoms with Crippen molar-refractivity contribution < 1.29 is 22.1 Å². The number of amides is 2. The summed E-state index contributed by atoms with van der Waals surface area (Å²) in [4.78, 5) is 18.6. The van der Waals surface area contributed by atoms with Crippen molar-refractivity contribution in [2.45, 2.75) is 23.8 Å². The molecule has 4 rings (SSSR count). The van der Waals surface area contributed by atoms with Crippen molar-refractivity contribution in [2.24, 2.45) is 0 Å². The lowest BCUT2D eigenvalue weighted by Crippen LogP contribution is -2.24. The average Bonchev–Trinajstić information content (AvgIpc) is 3.41. The number of fused-ring (bicyclic) bond motifs is 1. The lowest BCUT2D eigenvalue weighted by Gasteiger charge is -2.12. The van der Waals surface area contributed by atoms with Gasteiger partial charge in [-0.15, -0.1) is 0 Å². The highest BCUT2D eigenvalue weighted by molar-refractivity contribution is 7.87. The number of urea groups is 1. The van der Waals surface area contributed by atoms with E-state index in [0.29, 0.717) is 17.6 Å². The predicted octanol–water partition coefficient (Wildman–Crippen LogP) is 2.67. The van der Waals surface area contributed by atoms with Gasteiger partial charge in [-0.1, -0.05) is 0 Å². The molecular formula is C20H23N5O5S. The van der Waals surface area contributed by atoms with Gasteiger partial charge in [0, 0.05) is 32.0 Å². The first-order chi connectivity index (χ1) is 14.9. The van der Waals surface area contributed by atoms with Crippen LogP contribution in [-0.2, 0) is 14.9 Å². The molecule has 1 saturated heterocycles. The summed E-state index contributed by atoms with van der Waals surface area (Å²) in [6.45, 7) is 1.47. The summed E-state index contributed by atoms with van der Waals surface area (Å²) in [6, 6.07) is 10.6. The van der Waals surface area contributed by atoms with E-state index in [9.17, 15) is 13.2 Å². The maximum atomic E-state index is 12.6. The summed E-state index contributed by atoms with van der Waals surface area (Å²) in [5.74, 6) is 0.353. The minimum absolute atomic E-state index is 0.0410. The van der Waals surface area contributed by atoms with Crippen molar-refractivity contribution in [2.75, 3.05) is 30.8 Å². The fraction of sp³-hybridized carbons (Fsp3) is 0.300. The quantitative estimate of drug-likeness (QED) is 0.411. The molecule has 4 N–H and O–H groups in total. The van der Waals surface area contributed by atoms with Gasteiger partial charge >= 0.3 is 16.1 Å². The Bertz CT molecular complexity index is 1170. The van der Waals surface area contributed by atoms with E-state index in [1.54, 1.807) is 18.2 Å². The van der Waals surface area contributed by atoms with Crippen LogP contribution in [-0.4, -0.2) is 50.7 Å². The van der Waals surface area contributed by atoms with E-state index >= 15 is 0 Å². The molecule has 0 saturated carbocycles. The largest absolute Gasteiger partial charge is 0.382 e. The van der Waals surface area contributed by atoms with Crippen LogP contribution in [0.4, 0.5) is 16.4 Å². The number of ether oxygens (including phenoxy) is 1. The van der Waals surface area contributed by atoms with Crippen LogP contribution in [0.1, 0.15) is 12.8 Å². The number of anilines is 2. The van der Waals surface area contributed by atoms with E-state index in [1.165, 1.54) is 31.3 Å². The summed E-state index contributed by atoms with van der Waals surface area (Å²) in [6.07, 6.45) is 2.28. The number of nitrogens with one attached hydrogen (secondary N) is 4. The SMILES string of the molecule is CNC(=O)Nc1nc2cc(OS(=O)(=O)c3ccc(NCC4CCCO4)cc3)ccc2[nH]1. The van der Waals surface area contributed by atoms with Crippen LogP contribution < -0.4 is 20.1 Å². The smallest absolute Gasteiger partial charge is 0.339 e. The third-order valence-electron chi connectivity index (χ3n) is 4.82. The molecule has 10 nitrogen and oxygen atoms in total. The zero-order valence-electron chi connectivity index (χ0n) is 16.8. The molecule has 2 aromatic carbocycles. The molecule has 31 heavy (non-hydrogen) atoms. The molecule has 1 unspecified atom stereocenters. The summed E-state index contributed by atoms with van der Waals surface area (Å²) in [7, 11) is -2.53. The van der Waals surface area contributed by atoms with Gasteiger partial charge < -0.3 is 24.5 Å². The van der Waals surface area contributed by atoms with Crippen LogP contribution >= 0.6 is 0 Å². The predicted molar refractivity (Wildman–Crippen MR) is 116 cm³/mol. The number of carbonyl (C=O) groups is 1. The first-order valence-corrected chi connectivity index (χ1v) is 11.2. The van der Waals surface area contributed by atoms with Gasteiger partial charge in [0.2, 0.25) is 5.95 Å². The Labute approximate surface area is 179 Å². The molecule has 1 atom stereocenters. The van der Waals surface area contributed by atoms with Crippen molar-refractivity contribution in [1.82, 2.24) is 15.3 Å². The third kappa shape index (κ3) is 5.06. The maximum Gasteiger partial charge on any atom is 0.339 e. The molecule has 1 aliphatic heterocycles. The van der Waals surface area contributed by atoms with E-state index in [2.05, 4.69) is 25.9 Å². The van der Waals surface area contributed by atoms with Crippen molar-refractivity contribution in [1.29, 1.82) is 0 Å². The van der Waals surface area contributed by atoms with E-state index < -0.39 is 16.1 Å². The molecule has 0 aliphatic carbocycles. The number of benzene rings is 2. The molecule has 0 spiro atoms. The third-order valence-corrected chi connectivity index (χ3v) is 6.08. The zero-order valence-corrected chi connectivity index (χ0v) is 17.7. The fourth-order valence-electron chi connectivity index (χ4n) is 3.22. The Hall–Kier alpha value is -3.31. The molecule has 0 radical (unpaired) electrons. The van der Waals surface area contributed by atoms with Crippen LogP contribution in [0, 0.1) is 0 Å². The second kappa shape index (κ2) is 8.82. The van der Waals surface area contributed by atoms with Gasteiger partial charge in [0.1, 0.15) is 10.6 Å². The number of imidazole rings is 1. The number of H-pyrrole nitrogens is 1. The Morgan fingerprint density at radius 1 is 1.26 bits per heavy atom. The van der Waals surface area contributed by atoms with Gasteiger partial charge in [0.05, 0.1) is 17.1 Å². The highest BCUT2D eigenvalue weighted by atomic mass is 32.2. The van der Waals surface area contributed by atoms with Crippen LogP contribution in [0.3, 0.4) is 0 Å². The topological polar surface area (TPSA) is 134 Å². The number of carbonyl (C=O) groups excluding carboxylic acids is 1. The molecule has 164 valence electrons. The lowest BCUT2D eigenvalue weighted by atomic mass is 10.2. The number of hydrogen-bond donors (Lipinski definition) is 4. The van der Waals surface area contributed by atoms with Gasteiger partial charge in [-0.3, -0.25) is 5.32 Å². The van der Waals surface area contributed by atoms with Gasteiger partial charge in [0.25, 0.3) is 0 Å². The van der Waals surface area contributed by atoms with E-state index in [4.69, 9.17) is 8.92 Å². The van der Waals surface area contributed by atoms with Crippen LogP contribution in [0.25, 0.3) is 11.0 Å². The average molecular weight is 446 g/mol. The standard InChI is InChI=1S/C20H23N5O5S/c1-21-20(26)25-19-23-17-9-6-14(11-18(17)24-19)30-31(27,28)16-7-4-13(5-8-16)22-12-15-3-2-10-29-15/h4-9,11,15,22H,2-3,10,12H2,1H3,(H3,21,23,24,25,26). The fourth-order valence-corrected chi connectivity index (χ4v) is 4.14. The van der Waals surface area contributed by atoms with Crippen LogP contribution in [0.2, 0.25) is 0 Å². The molecule has 2 heterocycles. The lowest BCUT2D eigenvalue weighted by molar-refractivity contribution is 0.120. The van der Waals surface area contributed by atoms with Crippen molar-refractivity contribution >= 4 is 38.8 Å². The highest BCUT2D eigenvalue weighted by Crippen LogP contribution is 2.25. The maximum absolute atomic E-state index is 12.6. The molecule has 3 aromatic rings. The summed E-state index contributed by atoms with van der Waals surface area (Å²) >= 11 is 0. The number of aromatic nitrogens is 2. The first kappa shape index (κ1) is 20.9. The molecule has 1 fully saturated rings. The van der Waals surface area contributed by atoms with Crippen LogP contribution in [0.5, 0.6) is 5.75 Å². The minimum Gasteiger partial charge on any atom is -0.382 e. The second-order valence-corrected chi connectivity index (χ2v) is 8.59. The van der Waals surface area contributed by atoms with Crippen molar-refractivity contribution in [3.63, 3.8) is 0 Å². The minimum atomic E-state index is -4.02. The van der Waals surface area contributed by atoms with Gasteiger partial charge in [-0.2, -0.15) is 8.42 Å². The van der Waals surface area contributed by atoms with Gasteiger partial charge in [0.15, 0.2) is 0 Å². The van der Waals surface area contributed by atoms with Gasteiger partial charge in [-0.05, 0) is 49.2 Å². The van der Waals surface area contributed by atoms with Crippen molar-refractivity contribution in [3.05, 3.63) is 42.5 Å². The molecule has 0 bridgehead atoms. The Morgan fingerprint density at radius 3 is 2.77 bits per heavy atom. The monoisotopic (exact) mass is 445 g/mol. The molecule has 1 aromatic heterocycles. The number of nitrogens with zero attached hydrogens (tertiary/aromatic N) is 1. The molecule has 11 heteroatoms. The Kier molecular flexibility index (Phi) is 5.96. The van der Waals surface area contributed by atoms with Crippen molar-refractivity contribution in [3.8, 4) is 5.75 Å². The van der Waals surface area contributed by atoms with Crippen LogP contribution in [0.15, 0.2) is 47.4 Å². The molecule has 2 amide bonds. The summed E-state index contributed by atoms with van der Waals surface area (Å²) in [5, 5.41) is 8.19. The first-order valence-electron chi connectivity index (χ1n) is 9.81. The summed E-state index contributed by atoms with van der Waals surface area (Å²) in [5.41, 5.74) is 1.88. The highest BCUT2D eigenvalue weighted by Gasteiger charge is 2.18. The molecule has 1 aliphatic rings. The number of hydrogen-bond acceptors (Lipinski definition) is 7. The zero-order chi connectivity index (χ0) is 21.8. The Balaban J connectivity index is 1.43. The normalized spacial score (nSPS) is 16.2. The van der Waals surface area contributed by atoms with E-state index in [1.807, 2.05) is 0 Å². The molecular weight excluding hydrogens is 422 g/mol.